The van der Waals surface area contributed by atoms with Gasteiger partial charge in [0.15, 0.2) is 11.6 Å². The van der Waals surface area contributed by atoms with Crippen LogP contribution in [0.25, 0.3) is 0 Å². The summed E-state index contributed by atoms with van der Waals surface area (Å²) in [6, 6.07) is 8.15. The van der Waals surface area contributed by atoms with E-state index in [1.807, 2.05) is 27.7 Å². The summed E-state index contributed by atoms with van der Waals surface area (Å²) in [6.45, 7) is 9.78. The second-order valence-corrected chi connectivity index (χ2v) is 20.5. The van der Waals surface area contributed by atoms with Gasteiger partial charge in [0.2, 0.25) is 35.4 Å². The summed E-state index contributed by atoms with van der Waals surface area (Å²) in [7, 11) is 0. The summed E-state index contributed by atoms with van der Waals surface area (Å²) in [6.07, 6.45) is 2.32. The lowest BCUT2D eigenvalue weighted by molar-refractivity contribution is -0.136. The van der Waals surface area contributed by atoms with Crippen molar-refractivity contribution in [2.24, 2.45) is 46.6 Å². The Balaban J connectivity index is 2.08. The van der Waals surface area contributed by atoms with Crippen LogP contribution < -0.4 is 64.9 Å². The molecule has 1 aliphatic rings. The van der Waals surface area contributed by atoms with E-state index in [1.165, 1.54) is 0 Å². The Morgan fingerprint density at radius 3 is 1.72 bits per heavy atom. The lowest BCUT2D eigenvalue weighted by atomic mass is 9.88. The van der Waals surface area contributed by atoms with Crippen LogP contribution in [0.3, 0.4) is 0 Å². The molecule has 3 rings (SSSR count). The molecule has 1 fully saturated rings. The standard InChI is InChI=1S/C55H87N11O10/c1-6-7-11-28-76-40-16-14-37(15-17-40)49(69)61-41(18-23-56)47(67)32-38-22-27-60-52(72)45(30-35(4)5)66-54(74)44(21-26-59)63-53(73)43(20-25-58)64-55(75)46(31-36-12-9-8-10-13-36)65-51(71)39(29-34(2)3)33-48(68)42(19-24-57)62-50(38)70/h8-10,12-17,34-35,38-39,41-46H,6-7,11,18-33,56-59H2,1-5H3,(H,60,72)(H,61,69)(H,62,70)(H,63,73)(H,64,75)(H,65,71)(H,66,74)/t38-,39+,41-,42+,43+,44+,45+,46+/m1/s1. The smallest absolute Gasteiger partial charge is 0.251 e. The van der Waals surface area contributed by atoms with Crippen LogP contribution in [0.15, 0.2) is 54.6 Å². The van der Waals surface area contributed by atoms with Crippen molar-refractivity contribution in [2.75, 3.05) is 39.3 Å². The molecule has 15 N–H and O–H groups in total. The Hall–Kier alpha value is -6.29. The van der Waals surface area contributed by atoms with E-state index in [0.29, 0.717) is 17.9 Å². The van der Waals surface area contributed by atoms with Crippen LogP contribution in [0.4, 0.5) is 0 Å². The van der Waals surface area contributed by atoms with Crippen LogP contribution in [0.2, 0.25) is 0 Å². The molecule has 76 heavy (non-hydrogen) atoms. The molecule has 21 heteroatoms. The zero-order valence-electron chi connectivity index (χ0n) is 45.3. The summed E-state index contributed by atoms with van der Waals surface area (Å²) in [5, 5.41) is 19.3. The van der Waals surface area contributed by atoms with Crippen LogP contribution in [0.5, 0.6) is 5.75 Å². The SMILES string of the molecule is CCCCCOc1ccc(C(=O)N[C@H](CCN)C(=O)C[C@H]2CCNC(=O)[C@H](CC(C)C)NC(=O)[C@H](CCN)NC(=O)[C@H](CCN)NC(=O)[C@H](Cc3ccccc3)NC(=O)[C@@H](CC(C)C)CC(=O)[C@H](CCN)NC2=O)cc1. The molecule has 0 aliphatic carbocycles. The van der Waals surface area contributed by atoms with Gasteiger partial charge in [-0.2, -0.15) is 0 Å². The molecule has 2 aromatic rings. The van der Waals surface area contributed by atoms with Crippen LogP contribution in [0, 0.1) is 23.7 Å². The highest BCUT2D eigenvalue weighted by Gasteiger charge is 2.36. The predicted octanol–water partition coefficient (Wildman–Crippen LogP) is 1.18. The fourth-order valence-corrected chi connectivity index (χ4v) is 8.92. The number of unbranched alkanes of at least 4 members (excludes halogenated alkanes) is 2. The fourth-order valence-electron chi connectivity index (χ4n) is 8.92. The molecule has 21 nitrogen and oxygen atoms in total. The number of amides is 7. The summed E-state index contributed by atoms with van der Waals surface area (Å²) in [4.78, 5) is 127. The Kier molecular flexibility index (Phi) is 29.0. The highest BCUT2D eigenvalue weighted by atomic mass is 16.5. The molecular weight excluding hydrogens is 975 g/mol. The maximum Gasteiger partial charge on any atom is 0.251 e. The number of Topliss-reactive ketones (excluding diaryl/α,β-unsaturated/α-hetero) is 2. The van der Waals surface area contributed by atoms with Crippen LogP contribution in [-0.4, -0.2) is 128 Å². The van der Waals surface area contributed by atoms with Gasteiger partial charge in [-0.25, -0.2) is 0 Å². The largest absolute Gasteiger partial charge is 0.494 e. The van der Waals surface area contributed by atoms with Crippen molar-refractivity contribution in [1.29, 1.82) is 0 Å². The molecule has 0 bridgehead atoms. The number of hydrogen-bond donors (Lipinski definition) is 11. The molecule has 0 saturated carbocycles. The third-order valence-electron chi connectivity index (χ3n) is 13.1. The van der Waals surface area contributed by atoms with Crippen molar-refractivity contribution in [3.63, 3.8) is 0 Å². The Bertz CT molecular complexity index is 2180. The first-order chi connectivity index (χ1) is 36.3. The summed E-state index contributed by atoms with van der Waals surface area (Å²) in [5.74, 6) is -7.57. The topological polar surface area (TPSA) is 351 Å². The maximum absolute atomic E-state index is 14.5. The van der Waals surface area contributed by atoms with Crippen molar-refractivity contribution >= 4 is 52.9 Å². The van der Waals surface area contributed by atoms with Gasteiger partial charge in [0.1, 0.15) is 29.9 Å². The number of ketones is 2. The first kappa shape index (κ1) is 64.0. The van der Waals surface area contributed by atoms with Gasteiger partial charge < -0.3 is 64.9 Å². The van der Waals surface area contributed by atoms with E-state index >= 15 is 0 Å². The first-order valence-electron chi connectivity index (χ1n) is 27.1. The number of carbonyl (C=O) groups excluding carboxylic acids is 9. The van der Waals surface area contributed by atoms with Crippen LogP contribution in [-0.2, 0) is 44.8 Å². The van der Waals surface area contributed by atoms with Crippen molar-refractivity contribution in [3.8, 4) is 5.75 Å². The van der Waals surface area contributed by atoms with Crippen molar-refractivity contribution in [3.05, 3.63) is 65.7 Å². The zero-order chi connectivity index (χ0) is 56.2. The molecule has 7 amide bonds. The number of nitrogens with two attached hydrogens (primary N) is 4. The van der Waals surface area contributed by atoms with E-state index in [2.05, 4.69) is 44.1 Å². The lowest BCUT2D eigenvalue weighted by Crippen LogP contribution is -2.59. The number of ether oxygens (including phenoxy) is 1. The normalized spacial score (nSPS) is 22.4. The first-order valence-corrected chi connectivity index (χ1v) is 27.1. The molecule has 1 aliphatic heterocycles. The third kappa shape index (κ3) is 22.5. The number of carbonyl (C=O) groups is 9. The van der Waals surface area contributed by atoms with Crippen molar-refractivity contribution in [1.82, 2.24) is 37.2 Å². The molecule has 8 atom stereocenters. The second-order valence-electron chi connectivity index (χ2n) is 20.5. The minimum Gasteiger partial charge on any atom is -0.494 e. The predicted molar refractivity (Wildman–Crippen MR) is 290 cm³/mol. The van der Waals surface area contributed by atoms with E-state index in [1.54, 1.807) is 54.6 Å². The highest BCUT2D eigenvalue weighted by molar-refractivity contribution is 6.00. The molecule has 0 aromatic heterocycles. The molecule has 422 valence electrons. The number of rotatable bonds is 24. The Morgan fingerprint density at radius 1 is 0.618 bits per heavy atom. The van der Waals surface area contributed by atoms with Gasteiger partial charge in [-0.3, -0.25) is 43.2 Å². The Labute approximate surface area is 448 Å². The van der Waals surface area contributed by atoms with E-state index in [-0.39, 0.29) is 108 Å². The van der Waals surface area contributed by atoms with Crippen molar-refractivity contribution in [2.45, 2.75) is 154 Å². The van der Waals surface area contributed by atoms with E-state index in [4.69, 9.17) is 27.7 Å². The van der Waals surface area contributed by atoms with E-state index < -0.39 is 107 Å². The van der Waals surface area contributed by atoms with Gasteiger partial charge in [-0.05, 0) is 119 Å². The number of nitrogens with one attached hydrogen (secondary N) is 7. The van der Waals surface area contributed by atoms with Gasteiger partial charge in [0.25, 0.3) is 5.91 Å². The fraction of sp³-hybridized carbons (Fsp3) is 0.618. The highest BCUT2D eigenvalue weighted by Crippen LogP contribution is 2.21. The summed E-state index contributed by atoms with van der Waals surface area (Å²) >= 11 is 0. The maximum atomic E-state index is 14.5. The monoisotopic (exact) mass is 1060 g/mol. The second kappa shape index (κ2) is 34.4. The Morgan fingerprint density at radius 2 is 1.16 bits per heavy atom. The average Bonchev–Trinajstić information content (AvgIpc) is 3.38. The van der Waals surface area contributed by atoms with Gasteiger partial charge >= 0.3 is 0 Å². The summed E-state index contributed by atoms with van der Waals surface area (Å²) in [5.41, 5.74) is 24.7. The van der Waals surface area contributed by atoms with Crippen LogP contribution >= 0.6 is 0 Å². The molecule has 0 spiro atoms. The molecule has 0 radical (unpaired) electrons. The van der Waals surface area contributed by atoms with Gasteiger partial charge in [0.05, 0.1) is 18.7 Å². The van der Waals surface area contributed by atoms with Gasteiger partial charge in [-0.15, -0.1) is 0 Å². The molecule has 1 saturated heterocycles. The lowest BCUT2D eigenvalue weighted by Gasteiger charge is -2.27. The summed E-state index contributed by atoms with van der Waals surface area (Å²) < 4.78 is 5.78. The molecular formula is C55H87N11O10. The van der Waals surface area contributed by atoms with E-state index in [9.17, 15) is 43.2 Å². The quantitative estimate of drug-likeness (QED) is 0.0658. The third-order valence-corrected chi connectivity index (χ3v) is 13.1. The zero-order valence-corrected chi connectivity index (χ0v) is 45.3. The molecule has 1 heterocycles. The van der Waals surface area contributed by atoms with Gasteiger partial charge in [-0.1, -0.05) is 77.8 Å². The molecule has 0 unspecified atom stereocenters. The van der Waals surface area contributed by atoms with E-state index in [0.717, 1.165) is 19.3 Å². The minimum absolute atomic E-state index is 0.00120. The van der Waals surface area contributed by atoms with Crippen molar-refractivity contribution < 1.29 is 47.9 Å². The average molecular weight is 1060 g/mol. The van der Waals surface area contributed by atoms with Crippen LogP contribution in [0.1, 0.15) is 128 Å². The number of benzene rings is 2. The van der Waals surface area contributed by atoms with Gasteiger partial charge in [0, 0.05) is 43.2 Å². The number of hydrogen-bond acceptors (Lipinski definition) is 14. The molecule has 2 aromatic carbocycles. The minimum atomic E-state index is -1.26.